The highest BCUT2D eigenvalue weighted by Gasteiger charge is 2.17. The van der Waals surface area contributed by atoms with Crippen LogP contribution in [-0.2, 0) is 4.79 Å². The maximum Gasteiger partial charge on any atom is 0.289 e. The number of carbonyl (C=O) groups excluding carboxylic acids is 1. The van der Waals surface area contributed by atoms with Gasteiger partial charge in [0.25, 0.3) is 5.69 Å². The second-order valence-electron chi connectivity index (χ2n) is 4.59. The average molecular weight is 289 g/mol. The number of amides is 1. The Bertz CT molecular complexity index is 590. The number of nitro groups is 1. The third kappa shape index (κ3) is 3.67. The number of nitrogens with one attached hydrogen (secondary N) is 2. The van der Waals surface area contributed by atoms with E-state index in [1.54, 1.807) is 17.0 Å². The number of carbonyl (C=O) groups is 1. The van der Waals surface area contributed by atoms with Crippen LogP contribution in [0.4, 0.5) is 11.4 Å². The van der Waals surface area contributed by atoms with Crippen molar-refractivity contribution in [2.75, 3.05) is 38.0 Å². The zero-order valence-electron chi connectivity index (χ0n) is 11.3. The van der Waals surface area contributed by atoms with Crippen LogP contribution in [0.15, 0.2) is 18.2 Å². The van der Waals surface area contributed by atoms with E-state index in [1.807, 2.05) is 0 Å². The molecule has 0 aromatic heterocycles. The molecule has 0 spiro atoms. The first-order valence-electron chi connectivity index (χ1n) is 6.52. The van der Waals surface area contributed by atoms with Crippen molar-refractivity contribution in [2.24, 2.45) is 0 Å². The van der Waals surface area contributed by atoms with Gasteiger partial charge < -0.3 is 15.5 Å². The Morgan fingerprint density at radius 3 is 2.81 bits per heavy atom. The van der Waals surface area contributed by atoms with Gasteiger partial charge >= 0.3 is 0 Å². The van der Waals surface area contributed by atoms with Gasteiger partial charge in [0.05, 0.1) is 11.5 Å². The quantitative estimate of drug-likeness (QED) is 0.609. The predicted octanol–water partition coefficient (Wildman–Crippen LogP) is 0.310. The van der Waals surface area contributed by atoms with E-state index in [9.17, 15) is 14.9 Å². The fourth-order valence-corrected chi connectivity index (χ4v) is 2.09. The van der Waals surface area contributed by atoms with E-state index in [0.29, 0.717) is 18.8 Å². The molecule has 1 aromatic carbocycles. The SMILES string of the molecule is N#Cc1ccc(NCC(=O)N2CCNCC2)cc1[N+](=O)[O-]. The van der Waals surface area contributed by atoms with E-state index >= 15 is 0 Å². The molecule has 0 saturated carbocycles. The standard InChI is InChI=1S/C13H15N5O3/c14-8-10-1-2-11(7-12(10)18(20)21)16-9-13(19)17-5-3-15-4-6-17/h1-2,7,15-16H,3-6,9H2. The van der Waals surface area contributed by atoms with Crippen molar-refractivity contribution in [3.8, 4) is 6.07 Å². The number of benzene rings is 1. The van der Waals surface area contributed by atoms with Crippen LogP contribution in [0.2, 0.25) is 0 Å². The summed E-state index contributed by atoms with van der Waals surface area (Å²) in [7, 11) is 0. The number of nitro benzene ring substituents is 1. The summed E-state index contributed by atoms with van der Waals surface area (Å²) >= 11 is 0. The number of piperazine rings is 1. The van der Waals surface area contributed by atoms with Gasteiger partial charge in [-0.2, -0.15) is 5.26 Å². The van der Waals surface area contributed by atoms with Crippen molar-refractivity contribution >= 4 is 17.3 Å². The molecule has 1 amide bonds. The lowest BCUT2D eigenvalue weighted by Crippen LogP contribution is -2.48. The first-order chi connectivity index (χ1) is 10.1. The van der Waals surface area contributed by atoms with E-state index in [0.717, 1.165) is 13.1 Å². The number of rotatable bonds is 4. The minimum Gasteiger partial charge on any atom is -0.376 e. The molecule has 0 aliphatic carbocycles. The van der Waals surface area contributed by atoms with Gasteiger partial charge in [0.2, 0.25) is 5.91 Å². The topological polar surface area (TPSA) is 111 Å². The number of nitriles is 1. The van der Waals surface area contributed by atoms with Gasteiger partial charge in [-0.3, -0.25) is 14.9 Å². The molecule has 8 heteroatoms. The highest BCUT2D eigenvalue weighted by molar-refractivity contribution is 5.81. The molecule has 1 fully saturated rings. The number of nitrogens with zero attached hydrogens (tertiary/aromatic N) is 3. The molecule has 8 nitrogen and oxygen atoms in total. The van der Waals surface area contributed by atoms with Crippen LogP contribution in [0.1, 0.15) is 5.56 Å². The van der Waals surface area contributed by atoms with E-state index in [2.05, 4.69) is 10.6 Å². The molecule has 21 heavy (non-hydrogen) atoms. The first kappa shape index (κ1) is 14.7. The highest BCUT2D eigenvalue weighted by Crippen LogP contribution is 2.22. The normalized spacial score (nSPS) is 14.3. The molecule has 0 bridgehead atoms. The fourth-order valence-electron chi connectivity index (χ4n) is 2.09. The molecule has 1 heterocycles. The van der Waals surface area contributed by atoms with Crippen LogP contribution in [0, 0.1) is 21.4 Å². The van der Waals surface area contributed by atoms with E-state index < -0.39 is 4.92 Å². The second kappa shape index (κ2) is 6.67. The zero-order valence-corrected chi connectivity index (χ0v) is 11.3. The maximum atomic E-state index is 12.0. The van der Waals surface area contributed by atoms with Crippen molar-refractivity contribution < 1.29 is 9.72 Å². The maximum absolute atomic E-state index is 12.0. The van der Waals surface area contributed by atoms with Crippen molar-refractivity contribution in [3.05, 3.63) is 33.9 Å². The highest BCUT2D eigenvalue weighted by atomic mass is 16.6. The van der Waals surface area contributed by atoms with Gasteiger partial charge in [-0.05, 0) is 12.1 Å². The van der Waals surface area contributed by atoms with Crippen LogP contribution < -0.4 is 10.6 Å². The Balaban J connectivity index is 2.00. The molecule has 2 N–H and O–H groups in total. The zero-order chi connectivity index (χ0) is 15.2. The van der Waals surface area contributed by atoms with Gasteiger partial charge in [0.1, 0.15) is 11.6 Å². The monoisotopic (exact) mass is 289 g/mol. The average Bonchev–Trinajstić information content (AvgIpc) is 2.53. The molecule has 2 rings (SSSR count). The van der Waals surface area contributed by atoms with Crippen molar-refractivity contribution in [2.45, 2.75) is 0 Å². The molecular weight excluding hydrogens is 274 g/mol. The molecular formula is C13H15N5O3. The van der Waals surface area contributed by atoms with Gasteiger partial charge in [0.15, 0.2) is 0 Å². The summed E-state index contributed by atoms with van der Waals surface area (Å²) in [6, 6.07) is 5.96. The number of hydrogen-bond acceptors (Lipinski definition) is 6. The Hall–Kier alpha value is -2.66. The summed E-state index contributed by atoms with van der Waals surface area (Å²) in [5.74, 6) is -0.0523. The van der Waals surface area contributed by atoms with Crippen LogP contribution in [0.25, 0.3) is 0 Å². The Morgan fingerprint density at radius 1 is 1.48 bits per heavy atom. The largest absolute Gasteiger partial charge is 0.376 e. The van der Waals surface area contributed by atoms with Crippen LogP contribution in [-0.4, -0.2) is 48.5 Å². The fraction of sp³-hybridized carbons (Fsp3) is 0.385. The van der Waals surface area contributed by atoms with E-state index in [-0.39, 0.29) is 23.7 Å². The molecule has 0 radical (unpaired) electrons. The summed E-state index contributed by atoms with van der Waals surface area (Å²) in [5, 5.41) is 25.7. The predicted molar refractivity (Wildman–Crippen MR) is 75.8 cm³/mol. The number of hydrogen-bond donors (Lipinski definition) is 2. The Morgan fingerprint density at radius 2 is 2.19 bits per heavy atom. The van der Waals surface area contributed by atoms with Gasteiger partial charge in [0, 0.05) is 37.9 Å². The van der Waals surface area contributed by atoms with Gasteiger partial charge in [-0.25, -0.2) is 0 Å². The second-order valence-corrected chi connectivity index (χ2v) is 4.59. The van der Waals surface area contributed by atoms with Gasteiger partial charge in [-0.15, -0.1) is 0 Å². The molecule has 0 unspecified atom stereocenters. The minimum atomic E-state index is -0.609. The third-order valence-electron chi connectivity index (χ3n) is 3.23. The molecule has 1 aromatic rings. The Kier molecular flexibility index (Phi) is 4.68. The molecule has 1 aliphatic rings. The molecule has 1 saturated heterocycles. The lowest BCUT2D eigenvalue weighted by Gasteiger charge is -2.27. The lowest BCUT2D eigenvalue weighted by molar-refractivity contribution is -0.385. The summed E-state index contributed by atoms with van der Waals surface area (Å²) in [4.78, 5) is 24.0. The van der Waals surface area contributed by atoms with Crippen molar-refractivity contribution in [1.29, 1.82) is 5.26 Å². The minimum absolute atomic E-state index is 0.000943. The molecule has 0 atom stereocenters. The third-order valence-corrected chi connectivity index (χ3v) is 3.23. The summed E-state index contributed by atoms with van der Waals surface area (Å²) < 4.78 is 0. The van der Waals surface area contributed by atoms with E-state index in [4.69, 9.17) is 5.26 Å². The first-order valence-corrected chi connectivity index (χ1v) is 6.52. The smallest absolute Gasteiger partial charge is 0.289 e. The van der Waals surface area contributed by atoms with Crippen LogP contribution in [0.3, 0.4) is 0 Å². The van der Waals surface area contributed by atoms with Crippen molar-refractivity contribution in [1.82, 2.24) is 10.2 Å². The summed E-state index contributed by atoms with van der Waals surface area (Å²) in [5.41, 5.74) is 0.181. The molecule has 1 aliphatic heterocycles. The lowest BCUT2D eigenvalue weighted by atomic mass is 10.2. The van der Waals surface area contributed by atoms with E-state index in [1.165, 1.54) is 12.1 Å². The van der Waals surface area contributed by atoms with Crippen LogP contribution >= 0.6 is 0 Å². The van der Waals surface area contributed by atoms with Gasteiger partial charge in [-0.1, -0.05) is 0 Å². The van der Waals surface area contributed by atoms with Crippen LogP contribution in [0.5, 0.6) is 0 Å². The summed E-state index contributed by atoms with van der Waals surface area (Å²) in [6.07, 6.45) is 0. The molecule has 110 valence electrons. The number of anilines is 1. The summed E-state index contributed by atoms with van der Waals surface area (Å²) in [6.45, 7) is 2.94. The van der Waals surface area contributed by atoms with Crippen molar-refractivity contribution in [3.63, 3.8) is 0 Å². The Labute approximate surface area is 121 Å².